The van der Waals surface area contributed by atoms with E-state index in [0.29, 0.717) is 0 Å². The van der Waals surface area contributed by atoms with Crippen molar-refractivity contribution in [2.75, 3.05) is 0 Å². The van der Waals surface area contributed by atoms with E-state index in [4.69, 9.17) is 0 Å². The van der Waals surface area contributed by atoms with Crippen LogP contribution in [0.5, 0.6) is 0 Å². The highest BCUT2D eigenvalue weighted by Gasteiger charge is 2.53. The van der Waals surface area contributed by atoms with Crippen LogP contribution in [-0.2, 0) is 0 Å². The van der Waals surface area contributed by atoms with Gasteiger partial charge in [-0.25, -0.2) is 0 Å². The number of hydrogen-bond donors (Lipinski definition) is 1. The third-order valence-corrected chi connectivity index (χ3v) is 7.58. The third kappa shape index (κ3) is 2.00. The first kappa shape index (κ1) is 13.8. The average Bonchev–Trinajstić information content (AvgIpc) is 2.82. The molecule has 4 aliphatic carbocycles. The molecule has 0 aromatic rings. The molecule has 4 aliphatic rings. The molecule has 0 aromatic heterocycles. The lowest BCUT2D eigenvalue weighted by Crippen LogP contribution is -2.46. The summed E-state index contributed by atoms with van der Waals surface area (Å²) in [5.41, 5.74) is 1.25. The molecule has 1 N–H and O–H groups in total. The van der Waals surface area contributed by atoms with Crippen molar-refractivity contribution in [2.24, 2.45) is 35.0 Å². The number of aliphatic hydroxyl groups is 1. The van der Waals surface area contributed by atoms with E-state index in [2.05, 4.69) is 19.1 Å². The molecule has 7 atom stereocenters. The number of nitriles is 1. The van der Waals surface area contributed by atoms with E-state index in [1.807, 2.05) is 0 Å². The summed E-state index contributed by atoms with van der Waals surface area (Å²) in [5, 5.41) is 19.4. The van der Waals surface area contributed by atoms with E-state index < -0.39 is 0 Å². The minimum atomic E-state index is -0.0324. The monoisotopic (exact) mass is 285 g/mol. The maximum atomic E-state index is 9.96. The number of rotatable bonds is 0. The van der Waals surface area contributed by atoms with Gasteiger partial charge in [0.05, 0.1) is 12.2 Å². The molecule has 0 aliphatic heterocycles. The fourth-order valence-electron chi connectivity index (χ4n) is 6.40. The second-order valence-electron chi connectivity index (χ2n) is 8.41. The average molecular weight is 285 g/mol. The van der Waals surface area contributed by atoms with Crippen LogP contribution < -0.4 is 0 Å². The maximum Gasteiger partial charge on any atom is 0.0949 e. The zero-order valence-electron chi connectivity index (χ0n) is 13.1. The highest BCUT2D eigenvalue weighted by atomic mass is 16.3. The molecule has 4 rings (SSSR count). The van der Waals surface area contributed by atoms with E-state index in [1.165, 1.54) is 32.1 Å². The molecule has 0 saturated heterocycles. The van der Waals surface area contributed by atoms with Crippen molar-refractivity contribution in [2.45, 2.75) is 64.4 Å². The van der Waals surface area contributed by atoms with Crippen LogP contribution in [-0.4, -0.2) is 11.2 Å². The highest BCUT2D eigenvalue weighted by Crippen LogP contribution is 2.61. The van der Waals surface area contributed by atoms with Gasteiger partial charge in [0, 0.05) is 11.0 Å². The van der Waals surface area contributed by atoms with Crippen molar-refractivity contribution in [3.05, 3.63) is 11.6 Å². The molecule has 0 radical (unpaired) electrons. The smallest absolute Gasteiger partial charge is 0.0949 e. The number of hydrogen-bond acceptors (Lipinski definition) is 2. The zero-order valence-corrected chi connectivity index (χ0v) is 13.1. The predicted molar refractivity (Wildman–Crippen MR) is 82.2 cm³/mol. The van der Waals surface area contributed by atoms with Crippen LogP contribution in [0.3, 0.4) is 0 Å². The Kier molecular flexibility index (Phi) is 3.19. The Morgan fingerprint density at radius 3 is 2.81 bits per heavy atom. The first-order chi connectivity index (χ1) is 10.1. The molecular formula is C19H27NO. The lowest BCUT2D eigenvalue weighted by Gasteiger charge is -2.53. The van der Waals surface area contributed by atoms with Gasteiger partial charge in [-0.15, -0.1) is 0 Å². The van der Waals surface area contributed by atoms with Crippen molar-refractivity contribution in [3.63, 3.8) is 0 Å². The van der Waals surface area contributed by atoms with Crippen molar-refractivity contribution in [1.82, 2.24) is 0 Å². The van der Waals surface area contributed by atoms with E-state index in [1.54, 1.807) is 0 Å². The number of allylic oxidation sites excluding steroid dienone is 2. The third-order valence-electron chi connectivity index (χ3n) is 7.58. The van der Waals surface area contributed by atoms with Crippen molar-refractivity contribution in [3.8, 4) is 6.07 Å². The Hall–Kier alpha value is -0.810. The Morgan fingerprint density at radius 2 is 2.00 bits per heavy atom. The molecule has 3 fully saturated rings. The van der Waals surface area contributed by atoms with E-state index in [-0.39, 0.29) is 11.5 Å². The lowest BCUT2D eigenvalue weighted by molar-refractivity contribution is -0.0451. The molecule has 21 heavy (non-hydrogen) atoms. The van der Waals surface area contributed by atoms with Crippen LogP contribution in [0.2, 0.25) is 0 Å². The van der Waals surface area contributed by atoms with Gasteiger partial charge in [-0.3, -0.25) is 0 Å². The van der Waals surface area contributed by atoms with Crippen LogP contribution in [0.1, 0.15) is 58.3 Å². The Morgan fingerprint density at radius 1 is 1.14 bits per heavy atom. The van der Waals surface area contributed by atoms with Gasteiger partial charge < -0.3 is 5.11 Å². The Bertz CT molecular complexity index is 504. The van der Waals surface area contributed by atoms with Crippen molar-refractivity contribution < 1.29 is 5.11 Å². The number of fused-ring (bicyclic) bond motifs is 4. The topological polar surface area (TPSA) is 44.0 Å². The molecule has 0 amide bonds. The summed E-state index contributed by atoms with van der Waals surface area (Å²) in [6.45, 7) is 2.35. The summed E-state index contributed by atoms with van der Waals surface area (Å²) in [5.74, 6) is 4.05. The van der Waals surface area contributed by atoms with Crippen LogP contribution in [0.25, 0.3) is 0 Å². The van der Waals surface area contributed by atoms with Crippen LogP contribution in [0, 0.1) is 46.3 Å². The second-order valence-corrected chi connectivity index (χ2v) is 8.41. The summed E-state index contributed by atoms with van der Waals surface area (Å²) >= 11 is 0. The maximum absolute atomic E-state index is 9.96. The lowest BCUT2D eigenvalue weighted by atomic mass is 9.51. The van der Waals surface area contributed by atoms with Crippen LogP contribution in [0.15, 0.2) is 11.6 Å². The molecule has 3 saturated carbocycles. The fraction of sp³-hybridized carbons (Fsp3) is 0.842. The van der Waals surface area contributed by atoms with Crippen molar-refractivity contribution in [1.29, 1.82) is 5.26 Å². The van der Waals surface area contributed by atoms with Gasteiger partial charge in [0.25, 0.3) is 0 Å². The van der Waals surface area contributed by atoms with Gasteiger partial charge in [-0.05, 0) is 81.0 Å². The molecule has 0 spiro atoms. The molecule has 0 bridgehead atoms. The highest BCUT2D eigenvalue weighted by molar-refractivity contribution is 5.35. The molecule has 2 nitrogen and oxygen atoms in total. The Labute approximate surface area is 128 Å². The molecule has 2 heteroatoms. The van der Waals surface area contributed by atoms with E-state index in [9.17, 15) is 10.4 Å². The summed E-state index contributed by atoms with van der Waals surface area (Å²) < 4.78 is 0. The number of aliphatic hydroxyl groups excluding tert-OH is 1. The van der Waals surface area contributed by atoms with Crippen molar-refractivity contribution >= 4 is 0 Å². The zero-order chi connectivity index (χ0) is 14.6. The van der Waals surface area contributed by atoms with Gasteiger partial charge in [0.1, 0.15) is 0 Å². The minimum absolute atomic E-state index is 0.0324. The summed E-state index contributed by atoms with van der Waals surface area (Å²) in [7, 11) is 0. The molecule has 114 valence electrons. The first-order valence-electron chi connectivity index (χ1n) is 8.90. The van der Waals surface area contributed by atoms with Gasteiger partial charge >= 0.3 is 0 Å². The van der Waals surface area contributed by atoms with Gasteiger partial charge in [-0.2, -0.15) is 5.26 Å². The first-order valence-corrected chi connectivity index (χ1v) is 8.90. The molecule has 2 unspecified atom stereocenters. The van der Waals surface area contributed by atoms with Crippen LogP contribution >= 0.6 is 0 Å². The molecule has 0 aromatic carbocycles. The summed E-state index contributed by atoms with van der Waals surface area (Å²) in [6.07, 6.45) is 11.9. The standard InChI is InChI=1S/C19H27NO/c1-19-7-6-13-8-14-9-16(21)4-2-12(14)10-17(13)18(19)5-3-15(19)11-20/h3,12-14,16-18,21H,2,4-10H2,1H3/t12-,13+,14?,16?,17+,18-,19+/m1/s1. The summed E-state index contributed by atoms with van der Waals surface area (Å²) in [4.78, 5) is 0. The quantitative estimate of drug-likeness (QED) is 0.729. The van der Waals surface area contributed by atoms with E-state index in [0.717, 1.165) is 54.4 Å². The van der Waals surface area contributed by atoms with Gasteiger partial charge in [0.15, 0.2) is 0 Å². The molecular weight excluding hydrogens is 258 g/mol. The normalized spacial score (nSPS) is 52.1. The predicted octanol–water partition coefficient (Wildman–Crippen LogP) is 4.06. The molecule has 0 heterocycles. The van der Waals surface area contributed by atoms with E-state index >= 15 is 0 Å². The Balaban J connectivity index is 1.56. The van der Waals surface area contributed by atoms with Crippen LogP contribution in [0.4, 0.5) is 0 Å². The second kappa shape index (κ2) is 4.85. The number of nitrogens with zero attached hydrogens (tertiary/aromatic N) is 1. The van der Waals surface area contributed by atoms with Gasteiger partial charge in [0.2, 0.25) is 0 Å². The SMILES string of the molecule is C[C@@]12CC[C@H]3CC4CC(O)CC[C@@H]4C[C@@H]3[C@H]1CC=C2C#N. The van der Waals surface area contributed by atoms with Gasteiger partial charge in [-0.1, -0.05) is 13.0 Å². The largest absolute Gasteiger partial charge is 0.393 e. The summed E-state index contributed by atoms with van der Waals surface area (Å²) in [6, 6.07) is 2.49. The minimum Gasteiger partial charge on any atom is -0.393 e. The fourth-order valence-corrected chi connectivity index (χ4v) is 6.40.